The van der Waals surface area contributed by atoms with Crippen LogP contribution >= 0.6 is 0 Å². The summed E-state index contributed by atoms with van der Waals surface area (Å²) < 4.78 is 15.0. The normalized spacial score (nSPS) is 11.4. The molecule has 5 aromatic rings. The molecule has 0 aliphatic heterocycles. The average Bonchev–Trinajstić information content (AvgIpc) is 3.41. The number of nitrogens with zero attached hydrogens (tertiary/aromatic N) is 6. The monoisotopic (exact) mass is 547 g/mol. The van der Waals surface area contributed by atoms with Gasteiger partial charge in [0.15, 0.2) is 5.82 Å². The van der Waals surface area contributed by atoms with Crippen LogP contribution in [0, 0.1) is 17.1 Å². The van der Waals surface area contributed by atoms with Gasteiger partial charge in [-0.15, -0.1) is 0 Å². The van der Waals surface area contributed by atoms with E-state index in [0.717, 1.165) is 22.3 Å². The summed E-state index contributed by atoms with van der Waals surface area (Å²) in [5.41, 5.74) is 4.03. The van der Waals surface area contributed by atoms with Gasteiger partial charge in [-0.05, 0) is 41.8 Å². The van der Waals surface area contributed by atoms with Crippen LogP contribution in [0.25, 0.3) is 11.1 Å². The van der Waals surface area contributed by atoms with Gasteiger partial charge in [0.05, 0.1) is 17.2 Å². The molecule has 11 heteroatoms. The minimum absolute atomic E-state index is 0.242. The van der Waals surface area contributed by atoms with E-state index in [-0.39, 0.29) is 23.0 Å². The van der Waals surface area contributed by atoms with Crippen LogP contribution < -0.4 is 16.0 Å². The number of carbonyl (C=O) groups is 1. The van der Waals surface area contributed by atoms with Gasteiger partial charge >= 0.3 is 0 Å². The minimum Gasteiger partial charge on any atom is -0.365 e. The molecule has 2 aromatic carbocycles. The number of hydrogen-bond donors (Lipinski definition) is 3. The van der Waals surface area contributed by atoms with Crippen LogP contribution in [0.2, 0.25) is 0 Å². The standard InChI is InChI=1S/C30H26FN9O/c1-19(22-7-9-25(31)10-8-22)37-29(41)26-13-21(14-32)16-34-28(26)33-15-20-3-5-23(6-4-20)24-17-35-30(36-18-24)38-27-11-12-40(2)39-27/h3-13,16-19H,15H2,1-2H3,(H,33,34)(H,37,41)(H,35,36,38,39)/t19-/m0/s1. The minimum atomic E-state index is -0.398. The Labute approximate surface area is 235 Å². The fourth-order valence-electron chi connectivity index (χ4n) is 4.09. The van der Waals surface area contributed by atoms with Gasteiger partial charge < -0.3 is 16.0 Å². The lowest BCUT2D eigenvalue weighted by molar-refractivity contribution is 0.0940. The Morgan fingerprint density at radius 2 is 1.73 bits per heavy atom. The fraction of sp³-hybridized carbons (Fsp3) is 0.133. The van der Waals surface area contributed by atoms with Crippen LogP contribution in [0.3, 0.4) is 0 Å². The molecule has 0 bridgehead atoms. The topological polar surface area (TPSA) is 133 Å². The Morgan fingerprint density at radius 1 is 1.00 bits per heavy atom. The molecule has 0 spiro atoms. The second kappa shape index (κ2) is 12.0. The number of rotatable bonds is 9. The molecule has 0 radical (unpaired) electrons. The third kappa shape index (κ3) is 6.69. The van der Waals surface area contributed by atoms with Crippen molar-refractivity contribution in [1.82, 2.24) is 30.0 Å². The van der Waals surface area contributed by atoms with E-state index >= 15 is 0 Å². The van der Waals surface area contributed by atoms with Crippen molar-refractivity contribution in [3.63, 3.8) is 0 Å². The van der Waals surface area contributed by atoms with Crippen molar-refractivity contribution < 1.29 is 9.18 Å². The number of amides is 1. The molecule has 1 amide bonds. The van der Waals surface area contributed by atoms with Crippen molar-refractivity contribution in [3.8, 4) is 17.2 Å². The maximum Gasteiger partial charge on any atom is 0.255 e. The Hall–Kier alpha value is -5.63. The number of nitriles is 1. The number of nitrogens with one attached hydrogen (secondary N) is 3. The lowest BCUT2D eigenvalue weighted by Crippen LogP contribution is -2.28. The summed E-state index contributed by atoms with van der Waals surface area (Å²) in [6, 6.07) is 18.8. The second-order valence-corrected chi connectivity index (χ2v) is 9.32. The molecule has 41 heavy (non-hydrogen) atoms. The molecule has 10 nitrogen and oxygen atoms in total. The van der Waals surface area contributed by atoms with Gasteiger partial charge in [-0.25, -0.2) is 19.3 Å². The lowest BCUT2D eigenvalue weighted by Gasteiger charge is -2.16. The molecule has 0 aliphatic carbocycles. The van der Waals surface area contributed by atoms with Crippen molar-refractivity contribution in [3.05, 3.63) is 114 Å². The molecule has 0 aliphatic rings. The first-order chi connectivity index (χ1) is 19.9. The molecule has 5 rings (SSSR count). The smallest absolute Gasteiger partial charge is 0.255 e. The van der Waals surface area contributed by atoms with Crippen LogP contribution in [-0.2, 0) is 13.6 Å². The maximum absolute atomic E-state index is 13.3. The predicted octanol–water partition coefficient (Wildman–Crippen LogP) is 5.13. The van der Waals surface area contributed by atoms with E-state index in [9.17, 15) is 14.4 Å². The molecular formula is C30H26FN9O. The summed E-state index contributed by atoms with van der Waals surface area (Å²) in [4.78, 5) is 26.2. The zero-order chi connectivity index (χ0) is 28.8. The number of aromatic nitrogens is 5. The summed E-state index contributed by atoms with van der Waals surface area (Å²) in [6.45, 7) is 2.20. The number of carbonyl (C=O) groups excluding carboxylic acids is 1. The van der Waals surface area contributed by atoms with Crippen molar-refractivity contribution in [1.29, 1.82) is 5.26 Å². The van der Waals surface area contributed by atoms with Crippen molar-refractivity contribution in [2.45, 2.75) is 19.5 Å². The first-order valence-corrected chi connectivity index (χ1v) is 12.8. The van der Waals surface area contributed by atoms with E-state index in [1.807, 2.05) is 49.6 Å². The lowest BCUT2D eigenvalue weighted by atomic mass is 10.1. The summed E-state index contributed by atoms with van der Waals surface area (Å²) in [6.07, 6.45) is 6.72. The molecule has 3 heterocycles. The van der Waals surface area contributed by atoms with Crippen molar-refractivity contribution in [2.24, 2.45) is 7.05 Å². The van der Waals surface area contributed by atoms with Gasteiger partial charge in [-0.1, -0.05) is 36.4 Å². The quantitative estimate of drug-likeness (QED) is 0.231. The fourth-order valence-corrected chi connectivity index (χ4v) is 4.09. The van der Waals surface area contributed by atoms with E-state index in [0.29, 0.717) is 24.1 Å². The summed E-state index contributed by atoms with van der Waals surface area (Å²) in [5, 5.41) is 22.7. The van der Waals surface area contributed by atoms with Gasteiger partial charge in [-0.2, -0.15) is 10.4 Å². The van der Waals surface area contributed by atoms with Gasteiger partial charge in [0.25, 0.3) is 5.91 Å². The highest BCUT2D eigenvalue weighted by Gasteiger charge is 2.17. The molecule has 1 atom stereocenters. The summed E-state index contributed by atoms with van der Waals surface area (Å²) in [5.74, 6) is 0.719. The Balaban J connectivity index is 1.24. The van der Waals surface area contributed by atoms with E-state index in [4.69, 9.17) is 0 Å². The van der Waals surface area contributed by atoms with E-state index in [1.54, 1.807) is 36.1 Å². The van der Waals surface area contributed by atoms with Crippen LogP contribution in [0.15, 0.2) is 85.5 Å². The van der Waals surface area contributed by atoms with Crippen LogP contribution in [0.4, 0.5) is 22.0 Å². The third-order valence-corrected chi connectivity index (χ3v) is 6.33. The number of hydrogen-bond acceptors (Lipinski definition) is 8. The third-order valence-electron chi connectivity index (χ3n) is 6.33. The second-order valence-electron chi connectivity index (χ2n) is 9.32. The van der Waals surface area contributed by atoms with Crippen molar-refractivity contribution in [2.75, 3.05) is 10.6 Å². The van der Waals surface area contributed by atoms with Gasteiger partial charge in [0.2, 0.25) is 5.95 Å². The number of anilines is 3. The molecule has 3 aromatic heterocycles. The summed E-state index contributed by atoms with van der Waals surface area (Å²) >= 11 is 0. The largest absolute Gasteiger partial charge is 0.365 e. The molecule has 0 saturated carbocycles. The van der Waals surface area contributed by atoms with Crippen molar-refractivity contribution >= 4 is 23.5 Å². The first-order valence-electron chi connectivity index (χ1n) is 12.8. The number of aryl methyl sites for hydroxylation is 1. The molecule has 0 unspecified atom stereocenters. The number of pyridine rings is 1. The zero-order valence-electron chi connectivity index (χ0n) is 22.3. The summed E-state index contributed by atoms with van der Waals surface area (Å²) in [7, 11) is 1.84. The number of benzene rings is 2. The average molecular weight is 548 g/mol. The maximum atomic E-state index is 13.3. The van der Waals surface area contributed by atoms with Gasteiger partial charge in [-0.3, -0.25) is 9.48 Å². The Morgan fingerprint density at radius 3 is 2.39 bits per heavy atom. The molecular weight excluding hydrogens is 521 g/mol. The highest BCUT2D eigenvalue weighted by molar-refractivity contribution is 5.99. The van der Waals surface area contributed by atoms with Gasteiger partial charge in [0, 0.05) is 50.0 Å². The predicted molar refractivity (Wildman–Crippen MR) is 153 cm³/mol. The number of halogens is 1. The van der Waals surface area contributed by atoms with Crippen LogP contribution in [-0.4, -0.2) is 30.6 Å². The first kappa shape index (κ1) is 27.0. The van der Waals surface area contributed by atoms with Gasteiger partial charge in [0.1, 0.15) is 17.7 Å². The van der Waals surface area contributed by atoms with E-state index < -0.39 is 5.91 Å². The SMILES string of the molecule is C[C@H](NC(=O)c1cc(C#N)cnc1NCc1ccc(-c2cnc(Nc3ccn(C)n3)nc2)cc1)c1ccc(F)cc1. The van der Waals surface area contributed by atoms with E-state index in [2.05, 4.69) is 36.0 Å². The van der Waals surface area contributed by atoms with Crippen LogP contribution in [0.1, 0.15) is 40.0 Å². The Kier molecular flexibility index (Phi) is 7.92. The Bertz CT molecular complexity index is 1690. The van der Waals surface area contributed by atoms with Crippen LogP contribution in [0.5, 0.6) is 0 Å². The highest BCUT2D eigenvalue weighted by atomic mass is 19.1. The molecule has 204 valence electrons. The zero-order valence-corrected chi connectivity index (χ0v) is 22.3. The molecule has 0 fully saturated rings. The molecule has 3 N–H and O–H groups in total. The van der Waals surface area contributed by atoms with E-state index in [1.165, 1.54) is 24.4 Å². The highest BCUT2D eigenvalue weighted by Crippen LogP contribution is 2.22. The molecule has 0 saturated heterocycles.